The molecule has 0 spiro atoms. The molecule has 7 nitrogen and oxygen atoms in total. The van der Waals surface area contributed by atoms with Crippen molar-refractivity contribution in [3.05, 3.63) is 63.4 Å². The maximum atomic E-state index is 12.4. The predicted octanol–water partition coefficient (Wildman–Crippen LogP) is 3.69. The zero-order valence-corrected chi connectivity index (χ0v) is 16.7. The molecule has 4 rings (SSSR count). The van der Waals surface area contributed by atoms with Crippen molar-refractivity contribution in [2.75, 3.05) is 5.32 Å². The average Bonchev–Trinajstić information content (AvgIpc) is 3.03. The lowest BCUT2D eigenvalue weighted by molar-refractivity contribution is 0.303. The second kappa shape index (κ2) is 7.75. The molecule has 0 saturated heterocycles. The lowest BCUT2D eigenvalue weighted by Crippen LogP contribution is -2.33. The third kappa shape index (κ3) is 3.80. The molecule has 28 heavy (non-hydrogen) atoms. The highest BCUT2D eigenvalue weighted by atomic mass is 35.5. The van der Waals surface area contributed by atoms with Crippen LogP contribution in [0.2, 0.25) is 5.02 Å². The molecule has 0 amide bonds. The molecular formula is C20H23ClN6O. The highest BCUT2D eigenvalue weighted by molar-refractivity contribution is 6.33. The van der Waals surface area contributed by atoms with E-state index in [4.69, 9.17) is 11.6 Å². The molecule has 1 saturated carbocycles. The van der Waals surface area contributed by atoms with Crippen molar-refractivity contribution in [3.8, 4) is 5.82 Å². The summed E-state index contributed by atoms with van der Waals surface area (Å²) in [4.78, 5) is 16.5. The van der Waals surface area contributed by atoms with Gasteiger partial charge >= 0.3 is 0 Å². The highest BCUT2D eigenvalue weighted by Crippen LogP contribution is 2.30. The Morgan fingerprint density at radius 1 is 1.11 bits per heavy atom. The number of aryl methyl sites for hydroxylation is 2. The summed E-state index contributed by atoms with van der Waals surface area (Å²) in [5, 5.41) is 13.2. The Hall–Kier alpha value is -2.67. The Kier molecular flexibility index (Phi) is 5.17. The first kappa shape index (κ1) is 18.7. The summed E-state index contributed by atoms with van der Waals surface area (Å²) in [7, 11) is 0. The largest absolute Gasteiger partial charge is 0.381 e. The number of aromatic nitrogens is 5. The third-order valence-electron chi connectivity index (χ3n) is 5.21. The minimum Gasteiger partial charge on any atom is -0.381 e. The Labute approximate surface area is 168 Å². The van der Waals surface area contributed by atoms with Gasteiger partial charge in [0.2, 0.25) is 0 Å². The van der Waals surface area contributed by atoms with Crippen LogP contribution < -0.4 is 10.9 Å². The van der Waals surface area contributed by atoms with Gasteiger partial charge in [-0.05, 0) is 57.7 Å². The first-order chi connectivity index (χ1) is 13.5. The van der Waals surface area contributed by atoms with Gasteiger partial charge in [0.05, 0.1) is 22.4 Å². The zero-order valence-electron chi connectivity index (χ0n) is 16.0. The Morgan fingerprint density at radius 3 is 2.57 bits per heavy atom. The molecular weight excluding hydrogens is 376 g/mol. The molecule has 8 heteroatoms. The Morgan fingerprint density at radius 2 is 1.89 bits per heavy atom. The van der Waals surface area contributed by atoms with Crippen LogP contribution in [0.5, 0.6) is 0 Å². The molecule has 3 aromatic heterocycles. The van der Waals surface area contributed by atoms with Crippen LogP contribution in [0.15, 0.2) is 41.5 Å². The Bertz CT molecular complexity index is 1040. The van der Waals surface area contributed by atoms with E-state index in [1.54, 1.807) is 33.9 Å². The molecule has 1 aliphatic rings. The number of hydrogen-bond acceptors (Lipinski definition) is 5. The summed E-state index contributed by atoms with van der Waals surface area (Å²) in [6.45, 7) is 3.93. The SMILES string of the molecule is Cc1cc(C)n(-c2ccc(=O)n(C3CCC(Nc4ccncc4Cl)CC3)n2)n1. The van der Waals surface area contributed by atoms with E-state index >= 15 is 0 Å². The average molecular weight is 399 g/mol. The van der Waals surface area contributed by atoms with Gasteiger partial charge in [-0.15, -0.1) is 5.10 Å². The van der Waals surface area contributed by atoms with Crippen molar-refractivity contribution in [2.45, 2.75) is 51.6 Å². The minimum absolute atomic E-state index is 0.0705. The maximum Gasteiger partial charge on any atom is 0.267 e. The van der Waals surface area contributed by atoms with Crippen LogP contribution >= 0.6 is 11.6 Å². The third-order valence-corrected chi connectivity index (χ3v) is 5.51. The number of nitrogens with zero attached hydrogens (tertiary/aromatic N) is 5. The molecule has 0 unspecified atom stereocenters. The summed E-state index contributed by atoms with van der Waals surface area (Å²) in [5.41, 5.74) is 2.76. The molecule has 3 aromatic rings. The maximum absolute atomic E-state index is 12.4. The molecule has 0 aliphatic heterocycles. The van der Waals surface area contributed by atoms with Gasteiger partial charge in [-0.3, -0.25) is 9.78 Å². The van der Waals surface area contributed by atoms with Crippen molar-refractivity contribution in [3.63, 3.8) is 0 Å². The quantitative estimate of drug-likeness (QED) is 0.725. The van der Waals surface area contributed by atoms with Crippen LogP contribution in [0.1, 0.15) is 43.1 Å². The van der Waals surface area contributed by atoms with Crippen LogP contribution in [-0.2, 0) is 0 Å². The number of hydrogen-bond donors (Lipinski definition) is 1. The molecule has 1 aliphatic carbocycles. The second-order valence-corrected chi connectivity index (χ2v) is 7.73. The van der Waals surface area contributed by atoms with Crippen molar-refractivity contribution >= 4 is 17.3 Å². The molecule has 0 atom stereocenters. The van der Waals surface area contributed by atoms with Gasteiger partial charge in [0.15, 0.2) is 5.82 Å². The normalized spacial score (nSPS) is 19.5. The van der Waals surface area contributed by atoms with Crippen LogP contribution in [0, 0.1) is 13.8 Å². The number of halogens is 1. The lowest BCUT2D eigenvalue weighted by Gasteiger charge is -2.30. The van der Waals surface area contributed by atoms with Gasteiger partial charge in [-0.25, -0.2) is 9.36 Å². The number of anilines is 1. The van der Waals surface area contributed by atoms with Crippen molar-refractivity contribution in [2.24, 2.45) is 0 Å². The fourth-order valence-corrected chi connectivity index (χ4v) is 4.00. The molecule has 146 valence electrons. The second-order valence-electron chi connectivity index (χ2n) is 7.32. The van der Waals surface area contributed by atoms with E-state index in [9.17, 15) is 4.79 Å². The van der Waals surface area contributed by atoms with Gasteiger partial charge in [0.25, 0.3) is 5.56 Å². The first-order valence-electron chi connectivity index (χ1n) is 9.51. The number of pyridine rings is 1. The predicted molar refractivity (Wildman–Crippen MR) is 109 cm³/mol. The number of rotatable bonds is 4. The molecule has 1 N–H and O–H groups in total. The van der Waals surface area contributed by atoms with E-state index in [0.29, 0.717) is 16.9 Å². The van der Waals surface area contributed by atoms with E-state index in [1.807, 2.05) is 26.0 Å². The smallest absolute Gasteiger partial charge is 0.267 e. The van der Waals surface area contributed by atoms with E-state index in [-0.39, 0.29) is 11.6 Å². The summed E-state index contributed by atoms with van der Waals surface area (Å²) in [5.74, 6) is 0.675. The van der Waals surface area contributed by atoms with Gasteiger partial charge in [-0.1, -0.05) is 11.6 Å². The van der Waals surface area contributed by atoms with Gasteiger partial charge in [0, 0.05) is 30.2 Å². The minimum atomic E-state index is -0.0705. The summed E-state index contributed by atoms with van der Waals surface area (Å²) in [6.07, 6.45) is 7.03. The van der Waals surface area contributed by atoms with Crippen LogP contribution in [0.25, 0.3) is 5.82 Å². The van der Waals surface area contributed by atoms with Crippen LogP contribution in [-0.4, -0.2) is 30.6 Å². The fourth-order valence-electron chi connectivity index (χ4n) is 3.83. The standard InChI is InChI=1S/C20H23ClN6O/c1-13-11-14(2)26(24-13)19-7-8-20(28)27(25-19)16-5-3-15(4-6-16)23-18-9-10-22-12-17(18)21/h7-12,15-16H,3-6H2,1-2H3,(H,22,23). The molecule has 1 fully saturated rings. The summed E-state index contributed by atoms with van der Waals surface area (Å²) in [6, 6.07) is 7.62. The van der Waals surface area contributed by atoms with E-state index in [0.717, 1.165) is 42.8 Å². The van der Waals surface area contributed by atoms with Crippen molar-refractivity contribution in [1.82, 2.24) is 24.5 Å². The monoisotopic (exact) mass is 398 g/mol. The Balaban J connectivity index is 1.49. The lowest BCUT2D eigenvalue weighted by atomic mass is 9.91. The molecule has 0 bridgehead atoms. The summed E-state index contributed by atoms with van der Waals surface area (Å²) < 4.78 is 3.41. The van der Waals surface area contributed by atoms with E-state index < -0.39 is 0 Å². The fraction of sp³-hybridized carbons (Fsp3) is 0.400. The topological polar surface area (TPSA) is 77.6 Å². The van der Waals surface area contributed by atoms with Crippen LogP contribution in [0.3, 0.4) is 0 Å². The summed E-state index contributed by atoms with van der Waals surface area (Å²) >= 11 is 6.19. The van der Waals surface area contributed by atoms with E-state index in [2.05, 4.69) is 20.5 Å². The molecule has 0 aromatic carbocycles. The van der Waals surface area contributed by atoms with Gasteiger partial charge in [0.1, 0.15) is 0 Å². The van der Waals surface area contributed by atoms with Gasteiger partial charge in [-0.2, -0.15) is 5.10 Å². The molecule has 0 radical (unpaired) electrons. The van der Waals surface area contributed by atoms with Gasteiger partial charge < -0.3 is 5.32 Å². The zero-order chi connectivity index (χ0) is 19.7. The van der Waals surface area contributed by atoms with E-state index in [1.165, 1.54) is 0 Å². The molecule has 3 heterocycles. The van der Waals surface area contributed by atoms with Crippen LogP contribution in [0.4, 0.5) is 5.69 Å². The first-order valence-corrected chi connectivity index (χ1v) is 9.88. The highest BCUT2D eigenvalue weighted by Gasteiger charge is 2.24. The van der Waals surface area contributed by atoms with Crippen molar-refractivity contribution < 1.29 is 0 Å². The van der Waals surface area contributed by atoms with Crippen molar-refractivity contribution in [1.29, 1.82) is 0 Å². The number of nitrogens with one attached hydrogen (secondary N) is 1.